The first-order valence-electron chi connectivity index (χ1n) is 8.12. The lowest BCUT2D eigenvalue weighted by Gasteiger charge is -2.30. The van der Waals surface area contributed by atoms with Gasteiger partial charge in [-0.15, -0.1) is 0 Å². The second-order valence-corrected chi connectivity index (χ2v) is 6.74. The standard InChI is InChI=1S/C18H21N3O/c19-21-18(22)17(15-10-11-6-7-12(15)9-11)14-3-1-5-16-13(14)4-2-8-20-16/h1-5,8,11-12,15,17H,6-7,9-10,19H2,(H,21,22). The highest BCUT2D eigenvalue weighted by molar-refractivity contribution is 5.91. The first-order valence-corrected chi connectivity index (χ1v) is 8.12. The summed E-state index contributed by atoms with van der Waals surface area (Å²) in [4.78, 5) is 17.0. The van der Waals surface area contributed by atoms with Gasteiger partial charge in [0.25, 0.3) is 0 Å². The molecule has 22 heavy (non-hydrogen) atoms. The van der Waals surface area contributed by atoms with E-state index in [1.807, 2.05) is 18.2 Å². The van der Waals surface area contributed by atoms with E-state index in [1.54, 1.807) is 6.20 Å². The van der Waals surface area contributed by atoms with Gasteiger partial charge in [-0.2, -0.15) is 0 Å². The van der Waals surface area contributed by atoms with Gasteiger partial charge in [0.05, 0.1) is 11.4 Å². The molecule has 1 aromatic carbocycles. The van der Waals surface area contributed by atoms with Crippen molar-refractivity contribution < 1.29 is 4.79 Å². The predicted octanol–water partition coefficient (Wildman–Crippen LogP) is 2.74. The Labute approximate surface area is 130 Å². The van der Waals surface area contributed by atoms with Crippen LogP contribution >= 0.6 is 0 Å². The number of carbonyl (C=O) groups is 1. The molecule has 1 amide bonds. The number of nitrogens with two attached hydrogens (primary N) is 1. The van der Waals surface area contributed by atoms with E-state index >= 15 is 0 Å². The first-order chi connectivity index (χ1) is 10.8. The van der Waals surface area contributed by atoms with E-state index < -0.39 is 0 Å². The van der Waals surface area contributed by atoms with E-state index in [0.717, 1.165) is 28.8 Å². The number of pyridine rings is 1. The van der Waals surface area contributed by atoms with Gasteiger partial charge in [-0.3, -0.25) is 15.2 Å². The Balaban J connectivity index is 1.81. The van der Waals surface area contributed by atoms with Crippen LogP contribution in [0.25, 0.3) is 10.9 Å². The molecule has 4 heteroatoms. The molecule has 3 N–H and O–H groups in total. The highest BCUT2D eigenvalue weighted by atomic mass is 16.2. The maximum Gasteiger partial charge on any atom is 0.241 e. The Morgan fingerprint density at radius 1 is 1.23 bits per heavy atom. The molecule has 0 spiro atoms. The van der Waals surface area contributed by atoms with Crippen molar-refractivity contribution in [1.29, 1.82) is 0 Å². The molecule has 2 aliphatic rings. The summed E-state index contributed by atoms with van der Waals surface area (Å²) < 4.78 is 0. The summed E-state index contributed by atoms with van der Waals surface area (Å²) in [5.41, 5.74) is 4.42. The molecule has 114 valence electrons. The minimum atomic E-state index is -0.159. The van der Waals surface area contributed by atoms with E-state index in [1.165, 1.54) is 19.3 Å². The Morgan fingerprint density at radius 3 is 2.86 bits per heavy atom. The fraction of sp³-hybridized carbons (Fsp3) is 0.444. The van der Waals surface area contributed by atoms with Crippen LogP contribution in [-0.2, 0) is 4.79 Å². The van der Waals surface area contributed by atoms with Gasteiger partial charge in [-0.05, 0) is 54.7 Å². The molecule has 4 rings (SSSR count). The van der Waals surface area contributed by atoms with Crippen LogP contribution in [0.15, 0.2) is 36.5 Å². The molecule has 1 heterocycles. The smallest absolute Gasteiger partial charge is 0.241 e. The molecule has 4 atom stereocenters. The molecule has 2 fully saturated rings. The summed E-state index contributed by atoms with van der Waals surface area (Å²) in [5, 5.41) is 1.07. The zero-order valence-corrected chi connectivity index (χ0v) is 12.5. The summed E-state index contributed by atoms with van der Waals surface area (Å²) in [6.07, 6.45) is 6.81. The summed E-state index contributed by atoms with van der Waals surface area (Å²) in [5.74, 6) is 7.16. The van der Waals surface area contributed by atoms with Crippen LogP contribution in [0.3, 0.4) is 0 Å². The third-order valence-electron chi connectivity index (χ3n) is 5.66. The van der Waals surface area contributed by atoms with Crippen LogP contribution in [0.4, 0.5) is 0 Å². The number of nitrogens with zero attached hydrogens (tertiary/aromatic N) is 1. The van der Waals surface area contributed by atoms with E-state index in [-0.39, 0.29) is 11.8 Å². The van der Waals surface area contributed by atoms with E-state index in [2.05, 4.69) is 22.5 Å². The monoisotopic (exact) mass is 295 g/mol. The number of nitrogens with one attached hydrogen (secondary N) is 1. The Kier molecular flexibility index (Phi) is 3.34. The number of fused-ring (bicyclic) bond motifs is 3. The van der Waals surface area contributed by atoms with E-state index in [9.17, 15) is 4.79 Å². The summed E-state index contributed by atoms with van der Waals surface area (Å²) in [6, 6.07) is 10.0. The quantitative estimate of drug-likeness (QED) is 0.520. The molecule has 4 nitrogen and oxygen atoms in total. The van der Waals surface area contributed by atoms with Gasteiger partial charge in [0.2, 0.25) is 5.91 Å². The lowest BCUT2D eigenvalue weighted by Crippen LogP contribution is -2.39. The topological polar surface area (TPSA) is 68.0 Å². The third kappa shape index (κ3) is 2.10. The maximum absolute atomic E-state index is 12.6. The number of aromatic nitrogens is 1. The van der Waals surface area contributed by atoms with Gasteiger partial charge in [-0.25, -0.2) is 5.84 Å². The fourth-order valence-electron chi connectivity index (χ4n) is 4.76. The average molecular weight is 295 g/mol. The summed E-state index contributed by atoms with van der Waals surface area (Å²) in [6.45, 7) is 0. The van der Waals surface area contributed by atoms with Gasteiger partial charge in [0, 0.05) is 11.6 Å². The Bertz CT molecular complexity index is 709. The SMILES string of the molecule is NNC(=O)C(c1cccc2ncccc12)C1CC2CCC1C2. The second-order valence-electron chi connectivity index (χ2n) is 6.74. The van der Waals surface area contributed by atoms with Crippen molar-refractivity contribution >= 4 is 16.8 Å². The van der Waals surface area contributed by atoms with Crippen LogP contribution in [0.5, 0.6) is 0 Å². The number of amides is 1. The molecule has 2 saturated carbocycles. The molecule has 0 saturated heterocycles. The molecule has 2 bridgehead atoms. The van der Waals surface area contributed by atoms with Crippen molar-refractivity contribution in [1.82, 2.24) is 10.4 Å². The maximum atomic E-state index is 12.6. The Morgan fingerprint density at radius 2 is 2.14 bits per heavy atom. The highest BCUT2D eigenvalue weighted by Gasteiger charge is 2.46. The molecule has 2 aliphatic carbocycles. The second kappa shape index (κ2) is 5.36. The van der Waals surface area contributed by atoms with Gasteiger partial charge in [-0.1, -0.05) is 24.6 Å². The van der Waals surface area contributed by atoms with Crippen molar-refractivity contribution in [2.24, 2.45) is 23.6 Å². The van der Waals surface area contributed by atoms with Crippen molar-refractivity contribution in [3.05, 3.63) is 42.1 Å². The lowest BCUT2D eigenvalue weighted by atomic mass is 9.75. The van der Waals surface area contributed by atoms with Crippen LogP contribution in [0, 0.1) is 17.8 Å². The molecule has 4 unspecified atom stereocenters. The molecule has 0 radical (unpaired) electrons. The number of benzene rings is 1. The van der Waals surface area contributed by atoms with Crippen molar-refractivity contribution in [2.45, 2.75) is 31.6 Å². The molecule has 2 aromatic rings. The number of carbonyl (C=O) groups excluding carboxylic acids is 1. The summed E-state index contributed by atoms with van der Waals surface area (Å²) >= 11 is 0. The summed E-state index contributed by atoms with van der Waals surface area (Å²) in [7, 11) is 0. The lowest BCUT2D eigenvalue weighted by molar-refractivity contribution is -0.124. The number of hydrazine groups is 1. The minimum absolute atomic E-state index is 0.0612. The van der Waals surface area contributed by atoms with Crippen molar-refractivity contribution in [2.75, 3.05) is 0 Å². The molecule has 1 aromatic heterocycles. The molecular formula is C18H21N3O. The molecular weight excluding hydrogens is 274 g/mol. The van der Waals surface area contributed by atoms with E-state index in [0.29, 0.717) is 11.8 Å². The largest absolute Gasteiger partial charge is 0.294 e. The fourth-order valence-corrected chi connectivity index (χ4v) is 4.76. The predicted molar refractivity (Wildman–Crippen MR) is 85.8 cm³/mol. The Hall–Kier alpha value is -1.94. The van der Waals surface area contributed by atoms with Gasteiger partial charge in [0.15, 0.2) is 0 Å². The third-order valence-corrected chi connectivity index (χ3v) is 5.66. The van der Waals surface area contributed by atoms with Crippen LogP contribution < -0.4 is 11.3 Å². The average Bonchev–Trinajstić information content (AvgIpc) is 3.18. The van der Waals surface area contributed by atoms with Crippen LogP contribution in [0.1, 0.15) is 37.2 Å². The van der Waals surface area contributed by atoms with Crippen molar-refractivity contribution in [3.8, 4) is 0 Å². The van der Waals surface area contributed by atoms with Crippen LogP contribution in [-0.4, -0.2) is 10.9 Å². The normalized spacial score (nSPS) is 28.0. The zero-order chi connectivity index (χ0) is 15.1. The van der Waals surface area contributed by atoms with E-state index in [4.69, 9.17) is 5.84 Å². The molecule has 0 aliphatic heterocycles. The van der Waals surface area contributed by atoms with Gasteiger partial charge < -0.3 is 0 Å². The zero-order valence-electron chi connectivity index (χ0n) is 12.5. The van der Waals surface area contributed by atoms with Crippen molar-refractivity contribution in [3.63, 3.8) is 0 Å². The highest BCUT2D eigenvalue weighted by Crippen LogP contribution is 2.53. The number of rotatable bonds is 3. The van der Waals surface area contributed by atoms with Crippen LogP contribution in [0.2, 0.25) is 0 Å². The minimum Gasteiger partial charge on any atom is -0.294 e. The van der Waals surface area contributed by atoms with Gasteiger partial charge in [0.1, 0.15) is 0 Å². The first kappa shape index (κ1) is 13.7. The number of hydrogen-bond donors (Lipinski definition) is 2. The van der Waals surface area contributed by atoms with Gasteiger partial charge >= 0.3 is 0 Å². The number of hydrogen-bond acceptors (Lipinski definition) is 3.